The predicted molar refractivity (Wildman–Crippen MR) is 68.8 cm³/mol. The average Bonchev–Trinajstić information content (AvgIpc) is 3.14. The van der Waals surface area contributed by atoms with E-state index in [1.165, 1.54) is 0 Å². The maximum atomic E-state index is 12.4. The molecule has 3 heteroatoms. The lowest BCUT2D eigenvalue weighted by Crippen LogP contribution is -2.16. The summed E-state index contributed by atoms with van der Waals surface area (Å²) in [7, 11) is 1.63. The average molecular weight is 243 g/mol. The standard InChI is InChI=1S/C15H17NO2/c1-9-7-12(10(2)11(3)13(9)18-4)14(17)15(8-16)5-6-15/h7H,5-6H2,1-4H3. The zero-order valence-corrected chi connectivity index (χ0v) is 11.3. The minimum atomic E-state index is -0.752. The van der Waals surface area contributed by atoms with Crippen LogP contribution < -0.4 is 4.74 Å². The molecule has 1 saturated carbocycles. The number of benzene rings is 1. The van der Waals surface area contributed by atoms with Crippen molar-refractivity contribution in [1.82, 2.24) is 0 Å². The van der Waals surface area contributed by atoms with Crippen molar-refractivity contribution >= 4 is 5.78 Å². The SMILES string of the molecule is COc1c(C)cc(C(=O)C2(C#N)CC2)c(C)c1C. The van der Waals surface area contributed by atoms with Gasteiger partial charge in [-0.1, -0.05) is 0 Å². The van der Waals surface area contributed by atoms with Gasteiger partial charge in [0.2, 0.25) is 0 Å². The summed E-state index contributed by atoms with van der Waals surface area (Å²) < 4.78 is 5.34. The number of aryl methyl sites for hydroxylation is 1. The van der Waals surface area contributed by atoms with E-state index in [1.807, 2.05) is 26.8 Å². The van der Waals surface area contributed by atoms with Crippen molar-refractivity contribution in [2.75, 3.05) is 7.11 Å². The summed E-state index contributed by atoms with van der Waals surface area (Å²) in [5.41, 5.74) is 2.76. The summed E-state index contributed by atoms with van der Waals surface area (Å²) in [6, 6.07) is 4.01. The number of nitrogens with zero attached hydrogens (tertiary/aromatic N) is 1. The van der Waals surface area contributed by atoms with Crippen LogP contribution in [0.25, 0.3) is 0 Å². The first kappa shape index (κ1) is 12.6. The summed E-state index contributed by atoms with van der Waals surface area (Å²) in [4.78, 5) is 12.4. The van der Waals surface area contributed by atoms with Crippen molar-refractivity contribution < 1.29 is 9.53 Å². The van der Waals surface area contributed by atoms with Crippen molar-refractivity contribution in [3.8, 4) is 11.8 Å². The lowest BCUT2D eigenvalue weighted by atomic mass is 9.89. The first-order valence-corrected chi connectivity index (χ1v) is 6.07. The molecule has 0 radical (unpaired) electrons. The minimum Gasteiger partial charge on any atom is -0.496 e. The quantitative estimate of drug-likeness (QED) is 0.766. The highest BCUT2D eigenvalue weighted by atomic mass is 16.5. The largest absolute Gasteiger partial charge is 0.496 e. The molecule has 18 heavy (non-hydrogen) atoms. The van der Waals surface area contributed by atoms with Gasteiger partial charge in [-0.15, -0.1) is 0 Å². The van der Waals surface area contributed by atoms with Crippen molar-refractivity contribution in [2.45, 2.75) is 33.6 Å². The van der Waals surface area contributed by atoms with Crippen molar-refractivity contribution in [3.63, 3.8) is 0 Å². The molecule has 1 aliphatic rings. The molecule has 0 amide bonds. The monoisotopic (exact) mass is 243 g/mol. The highest BCUT2D eigenvalue weighted by Gasteiger charge is 2.51. The smallest absolute Gasteiger partial charge is 0.183 e. The van der Waals surface area contributed by atoms with Gasteiger partial charge in [0.05, 0.1) is 13.2 Å². The van der Waals surface area contributed by atoms with Gasteiger partial charge in [0, 0.05) is 5.56 Å². The third-order valence-electron chi connectivity index (χ3n) is 3.87. The van der Waals surface area contributed by atoms with Gasteiger partial charge in [0.15, 0.2) is 5.78 Å². The van der Waals surface area contributed by atoms with E-state index in [2.05, 4.69) is 6.07 Å². The fourth-order valence-electron chi connectivity index (χ4n) is 2.38. The third kappa shape index (κ3) is 1.69. The van der Waals surface area contributed by atoms with Crippen LogP contribution in [0.15, 0.2) is 6.07 Å². The van der Waals surface area contributed by atoms with Gasteiger partial charge in [-0.3, -0.25) is 4.79 Å². The number of carbonyl (C=O) groups excluding carboxylic acids is 1. The number of carbonyl (C=O) groups is 1. The lowest BCUT2D eigenvalue weighted by molar-refractivity contribution is 0.0934. The Morgan fingerprint density at radius 2 is 1.94 bits per heavy atom. The highest BCUT2D eigenvalue weighted by Crippen LogP contribution is 2.48. The first-order valence-electron chi connectivity index (χ1n) is 6.07. The molecule has 1 aromatic carbocycles. The Bertz CT molecular complexity index is 563. The molecule has 0 bridgehead atoms. The van der Waals surface area contributed by atoms with Crippen LogP contribution in [-0.4, -0.2) is 12.9 Å². The normalized spacial score (nSPS) is 15.9. The van der Waals surface area contributed by atoms with Crippen LogP contribution in [0, 0.1) is 37.5 Å². The van der Waals surface area contributed by atoms with Gasteiger partial charge < -0.3 is 4.74 Å². The molecule has 0 heterocycles. The van der Waals surface area contributed by atoms with Crippen molar-refractivity contribution in [3.05, 3.63) is 28.3 Å². The van der Waals surface area contributed by atoms with Crippen LogP contribution in [0.1, 0.15) is 39.9 Å². The van der Waals surface area contributed by atoms with Gasteiger partial charge in [-0.2, -0.15) is 5.26 Å². The maximum Gasteiger partial charge on any atom is 0.183 e. The Kier molecular flexibility index (Phi) is 2.90. The molecule has 0 aromatic heterocycles. The molecule has 0 aliphatic heterocycles. The third-order valence-corrected chi connectivity index (χ3v) is 3.87. The Morgan fingerprint density at radius 1 is 1.33 bits per heavy atom. The summed E-state index contributed by atoms with van der Waals surface area (Å²) in [5.74, 6) is 0.794. The van der Waals surface area contributed by atoms with Crippen molar-refractivity contribution in [2.24, 2.45) is 5.41 Å². The molecule has 1 aliphatic carbocycles. The van der Waals surface area contributed by atoms with Crippen LogP contribution in [0.2, 0.25) is 0 Å². The van der Waals surface area contributed by atoms with E-state index in [-0.39, 0.29) is 5.78 Å². The number of hydrogen-bond acceptors (Lipinski definition) is 3. The molecular formula is C15H17NO2. The Morgan fingerprint density at radius 3 is 2.39 bits per heavy atom. The molecule has 0 unspecified atom stereocenters. The van der Waals surface area contributed by atoms with Gasteiger partial charge in [-0.05, 0) is 56.4 Å². The first-order chi connectivity index (χ1) is 8.46. The van der Waals surface area contributed by atoms with Crippen LogP contribution in [0.3, 0.4) is 0 Å². The molecule has 2 rings (SSSR count). The maximum absolute atomic E-state index is 12.4. The fourth-order valence-corrected chi connectivity index (χ4v) is 2.38. The minimum absolute atomic E-state index is 0.0312. The molecule has 0 saturated heterocycles. The highest BCUT2D eigenvalue weighted by molar-refractivity contribution is 6.05. The number of nitriles is 1. The Hall–Kier alpha value is -1.82. The lowest BCUT2D eigenvalue weighted by Gasteiger charge is -2.16. The van der Waals surface area contributed by atoms with Crippen LogP contribution in [0.4, 0.5) is 0 Å². The predicted octanol–water partition coefficient (Wildman–Crippen LogP) is 3.11. The van der Waals surface area contributed by atoms with Gasteiger partial charge >= 0.3 is 0 Å². The second-order valence-corrected chi connectivity index (χ2v) is 5.05. The fraction of sp³-hybridized carbons (Fsp3) is 0.467. The molecule has 94 valence electrons. The molecule has 3 nitrogen and oxygen atoms in total. The summed E-state index contributed by atoms with van der Waals surface area (Å²) >= 11 is 0. The van der Waals surface area contributed by atoms with Crippen LogP contribution in [0.5, 0.6) is 5.75 Å². The van der Waals surface area contributed by atoms with E-state index < -0.39 is 5.41 Å². The molecular weight excluding hydrogens is 226 g/mol. The second-order valence-electron chi connectivity index (χ2n) is 5.05. The van der Waals surface area contributed by atoms with Gasteiger partial charge in [0.25, 0.3) is 0 Å². The molecule has 0 atom stereocenters. The molecule has 1 aromatic rings. The summed E-state index contributed by atoms with van der Waals surface area (Å²) in [6.07, 6.45) is 1.37. The van der Waals surface area contributed by atoms with E-state index >= 15 is 0 Å². The summed E-state index contributed by atoms with van der Waals surface area (Å²) in [6.45, 7) is 5.79. The number of hydrogen-bond donors (Lipinski definition) is 0. The Balaban J connectivity index is 2.54. The van der Waals surface area contributed by atoms with Gasteiger partial charge in [-0.25, -0.2) is 0 Å². The number of ketones is 1. The van der Waals surface area contributed by atoms with E-state index in [4.69, 9.17) is 10.00 Å². The number of Topliss-reactive ketones (excluding diaryl/α,β-unsaturated/α-hetero) is 1. The van der Waals surface area contributed by atoms with Gasteiger partial charge in [0.1, 0.15) is 11.2 Å². The van der Waals surface area contributed by atoms with E-state index in [1.54, 1.807) is 7.11 Å². The Labute approximate surface area is 107 Å². The molecule has 0 spiro atoms. The topological polar surface area (TPSA) is 50.1 Å². The summed E-state index contributed by atoms with van der Waals surface area (Å²) in [5, 5.41) is 9.12. The van der Waals surface area contributed by atoms with Crippen LogP contribution >= 0.6 is 0 Å². The van der Waals surface area contributed by atoms with Crippen molar-refractivity contribution in [1.29, 1.82) is 5.26 Å². The second kappa shape index (κ2) is 4.13. The molecule has 0 N–H and O–H groups in total. The van der Waals surface area contributed by atoms with Crippen LogP contribution in [-0.2, 0) is 0 Å². The van der Waals surface area contributed by atoms with E-state index in [0.29, 0.717) is 18.4 Å². The number of ether oxygens (including phenoxy) is 1. The number of rotatable bonds is 3. The zero-order chi connectivity index (χ0) is 13.5. The molecule has 1 fully saturated rings. The van der Waals surface area contributed by atoms with E-state index in [0.717, 1.165) is 22.4 Å². The number of methoxy groups -OCH3 is 1. The van der Waals surface area contributed by atoms with E-state index in [9.17, 15) is 4.79 Å². The zero-order valence-electron chi connectivity index (χ0n) is 11.3.